The average Bonchev–Trinajstić information content (AvgIpc) is 2.67. The first-order valence-electron chi connectivity index (χ1n) is 8.55. The molecule has 0 unspecified atom stereocenters. The molecule has 0 aliphatic carbocycles. The van der Waals surface area contributed by atoms with Gasteiger partial charge in [-0.15, -0.1) is 0 Å². The van der Waals surface area contributed by atoms with E-state index in [9.17, 15) is 4.79 Å². The molecule has 0 N–H and O–H groups in total. The highest BCUT2D eigenvalue weighted by Crippen LogP contribution is 2.43. The van der Waals surface area contributed by atoms with Crippen LogP contribution in [0.25, 0.3) is 5.76 Å². The number of carbonyl (C=O) groups is 1. The van der Waals surface area contributed by atoms with E-state index in [4.69, 9.17) is 4.74 Å². The summed E-state index contributed by atoms with van der Waals surface area (Å²) >= 11 is 0. The van der Waals surface area contributed by atoms with Crippen molar-refractivity contribution in [3.8, 4) is 0 Å². The van der Waals surface area contributed by atoms with Crippen molar-refractivity contribution in [3.05, 3.63) is 95.6 Å². The zero-order valence-electron chi connectivity index (χ0n) is 14.8. The van der Waals surface area contributed by atoms with Crippen molar-refractivity contribution in [2.45, 2.75) is 6.92 Å². The van der Waals surface area contributed by atoms with E-state index in [1.165, 1.54) is 0 Å². The fraction of sp³-hybridized carbons (Fsp3) is 0.0870. The number of carbonyl (C=O) groups excluding carboxylic acids is 1. The minimum absolute atomic E-state index is 0.0643. The van der Waals surface area contributed by atoms with Crippen molar-refractivity contribution in [2.75, 3.05) is 12.0 Å². The van der Waals surface area contributed by atoms with E-state index in [1.807, 2.05) is 54.6 Å². The molecule has 3 aromatic carbocycles. The second-order valence-corrected chi connectivity index (χ2v) is 6.23. The average molecular weight is 341 g/mol. The highest BCUT2D eigenvalue weighted by Gasteiger charge is 2.26. The number of para-hydroxylation sites is 3. The molecule has 3 heteroatoms. The number of nitrogens with zero attached hydrogens (tertiary/aromatic N) is 1. The Kier molecular flexibility index (Phi) is 4.05. The number of ketones is 1. The van der Waals surface area contributed by atoms with Gasteiger partial charge >= 0.3 is 0 Å². The summed E-state index contributed by atoms with van der Waals surface area (Å²) in [6.45, 7) is 2.08. The summed E-state index contributed by atoms with van der Waals surface area (Å²) in [4.78, 5) is 15.1. The van der Waals surface area contributed by atoms with Gasteiger partial charge in [0.2, 0.25) is 0 Å². The molecular weight excluding hydrogens is 322 g/mol. The van der Waals surface area contributed by atoms with Crippen LogP contribution in [-0.2, 0) is 4.74 Å². The van der Waals surface area contributed by atoms with Crippen LogP contribution in [0, 0.1) is 6.92 Å². The Hall–Kier alpha value is -3.33. The molecule has 0 saturated carbocycles. The molecular formula is C23H19NO2. The Morgan fingerprint density at radius 3 is 1.92 bits per heavy atom. The van der Waals surface area contributed by atoms with Gasteiger partial charge in [0.15, 0.2) is 5.78 Å². The third-order valence-electron chi connectivity index (χ3n) is 4.66. The molecule has 0 aromatic heterocycles. The van der Waals surface area contributed by atoms with Crippen molar-refractivity contribution in [1.29, 1.82) is 0 Å². The van der Waals surface area contributed by atoms with Gasteiger partial charge in [0.1, 0.15) is 5.76 Å². The number of fused-ring (bicyclic) bond motifs is 2. The van der Waals surface area contributed by atoms with E-state index in [-0.39, 0.29) is 5.78 Å². The van der Waals surface area contributed by atoms with Crippen LogP contribution in [0.3, 0.4) is 0 Å². The topological polar surface area (TPSA) is 29.5 Å². The SMILES string of the molecule is CO/C1=C/C(=O)c2ccccc2N(c2ccccc2C)c2ccccc21. The monoisotopic (exact) mass is 341 g/mol. The molecule has 0 fully saturated rings. The number of hydrogen-bond donors (Lipinski definition) is 0. The van der Waals surface area contributed by atoms with Crippen LogP contribution in [-0.4, -0.2) is 12.9 Å². The molecule has 0 spiro atoms. The molecule has 4 rings (SSSR count). The maximum absolute atomic E-state index is 12.9. The predicted octanol–water partition coefficient (Wildman–Crippen LogP) is 5.65. The van der Waals surface area contributed by atoms with Gasteiger partial charge in [-0.2, -0.15) is 0 Å². The molecule has 128 valence electrons. The lowest BCUT2D eigenvalue weighted by molar-refractivity contribution is 0.104. The van der Waals surface area contributed by atoms with Crippen LogP contribution >= 0.6 is 0 Å². The second kappa shape index (κ2) is 6.52. The van der Waals surface area contributed by atoms with Crippen LogP contribution in [0.1, 0.15) is 21.5 Å². The standard InChI is InChI=1S/C23H19NO2/c1-16-9-3-6-12-19(16)24-20-13-7-4-10-17(20)22(25)15-23(26-2)18-11-5-8-14-21(18)24/h3-15H,1-2H3/b23-15+. The number of benzene rings is 3. The minimum Gasteiger partial charge on any atom is -0.496 e. The minimum atomic E-state index is -0.0643. The van der Waals surface area contributed by atoms with Gasteiger partial charge in [0.25, 0.3) is 0 Å². The summed E-state index contributed by atoms with van der Waals surface area (Å²) in [6.07, 6.45) is 1.58. The molecule has 3 aromatic rings. The van der Waals surface area contributed by atoms with E-state index in [0.29, 0.717) is 11.3 Å². The van der Waals surface area contributed by atoms with Crippen LogP contribution in [0.2, 0.25) is 0 Å². The molecule has 1 heterocycles. The fourth-order valence-corrected chi connectivity index (χ4v) is 3.40. The van der Waals surface area contributed by atoms with Crippen LogP contribution in [0.4, 0.5) is 17.1 Å². The first-order chi connectivity index (χ1) is 12.7. The van der Waals surface area contributed by atoms with Gasteiger partial charge in [-0.25, -0.2) is 0 Å². The Balaban J connectivity index is 2.11. The lowest BCUT2D eigenvalue weighted by Crippen LogP contribution is -2.18. The molecule has 26 heavy (non-hydrogen) atoms. The van der Waals surface area contributed by atoms with Gasteiger partial charge in [-0.3, -0.25) is 4.79 Å². The highest BCUT2D eigenvalue weighted by molar-refractivity contribution is 6.14. The van der Waals surface area contributed by atoms with Crippen molar-refractivity contribution in [2.24, 2.45) is 0 Å². The van der Waals surface area contributed by atoms with Crippen molar-refractivity contribution >= 4 is 28.6 Å². The molecule has 1 aliphatic rings. The quantitative estimate of drug-likeness (QED) is 0.603. The van der Waals surface area contributed by atoms with E-state index in [1.54, 1.807) is 13.2 Å². The smallest absolute Gasteiger partial charge is 0.191 e. The first kappa shape index (κ1) is 16.2. The van der Waals surface area contributed by atoms with Crippen molar-refractivity contribution < 1.29 is 9.53 Å². The number of allylic oxidation sites excluding steroid dienone is 1. The van der Waals surface area contributed by atoms with Gasteiger partial charge < -0.3 is 9.64 Å². The van der Waals surface area contributed by atoms with Crippen LogP contribution in [0.15, 0.2) is 78.9 Å². The Bertz CT molecular complexity index is 1020. The Labute approximate surface area is 153 Å². The number of hydrogen-bond acceptors (Lipinski definition) is 3. The number of methoxy groups -OCH3 is 1. The molecule has 3 nitrogen and oxygen atoms in total. The third kappa shape index (κ3) is 2.58. The molecule has 0 radical (unpaired) electrons. The van der Waals surface area contributed by atoms with Gasteiger partial charge in [0, 0.05) is 22.9 Å². The Morgan fingerprint density at radius 2 is 1.27 bits per heavy atom. The summed E-state index contributed by atoms with van der Waals surface area (Å²) < 4.78 is 5.57. The first-order valence-corrected chi connectivity index (χ1v) is 8.55. The normalized spacial score (nSPS) is 15.2. The summed E-state index contributed by atoms with van der Waals surface area (Å²) in [5, 5.41) is 0. The van der Waals surface area contributed by atoms with Crippen LogP contribution < -0.4 is 4.90 Å². The molecule has 0 saturated heterocycles. The lowest BCUT2D eigenvalue weighted by Gasteiger charge is -2.31. The number of aryl methyl sites for hydroxylation is 1. The lowest BCUT2D eigenvalue weighted by atomic mass is 9.98. The molecule has 0 atom stereocenters. The third-order valence-corrected chi connectivity index (χ3v) is 4.66. The van der Waals surface area contributed by atoms with E-state index < -0.39 is 0 Å². The maximum atomic E-state index is 12.9. The van der Waals surface area contributed by atoms with Gasteiger partial charge in [0.05, 0.1) is 18.5 Å². The van der Waals surface area contributed by atoms with Crippen molar-refractivity contribution in [1.82, 2.24) is 0 Å². The molecule has 0 bridgehead atoms. The highest BCUT2D eigenvalue weighted by atomic mass is 16.5. The fourth-order valence-electron chi connectivity index (χ4n) is 3.40. The van der Waals surface area contributed by atoms with Gasteiger partial charge in [-0.05, 0) is 42.8 Å². The summed E-state index contributed by atoms with van der Waals surface area (Å²) in [5.74, 6) is 0.504. The number of anilines is 3. The molecule has 1 aliphatic heterocycles. The number of ether oxygens (including phenoxy) is 1. The van der Waals surface area contributed by atoms with E-state index >= 15 is 0 Å². The summed E-state index contributed by atoms with van der Waals surface area (Å²) in [6, 6.07) is 23.9. The van der Waals surface area contributed by atoms with E-state index in [0.717, 1.165) is 28.2 Å². The van der Waals surface area contributed by atoms with Crippen LogP contribution in [0.5, 0.6) is 0 Å². The van der Waals surface area contributed by atoms with E-state index in [2.05, 4.69) is 30.0 Å². The zero-order chi connectivity index (χ0) is 18.1. The zero-order valence-corrected chi connectivity index (χ0v) is 14.8. The van der Waals surface area contributed by atoms with Crippen molar-refractivity contribution in [3.63, 3.8) is 0 Å². The largest absolute Gasteiger partial charge is 0.496 e. The maximum Gasteiger partial charge on any atom is 0.191 e. The summed E-state index contributed by atoms with van der Waals surface area (Å²) in [5.41, 5.74) is 5.56. The second-order valence-electron chi connectivity index (χ2n) is 6.23. The van der Waals surface area contributed by atoms with Gasteiger partial charge in [-0.1, -0.05) is 42.5 Å². The predicted molar refractivity (Wildman–Crippen MR) is 105 cm³/mol. The summed E-state index contributed by atoms with van der Waals surface area (Å²) in [7, 11) is 1.60. The number of rotatable bonds is 2. The Morgan fingerprint density at radius 1 is 0.731 bits per heavy atom. The molecule has 0 amide bonds.